The highest BCUT2D eigenvalue weighted by molar-refractivity contribution is 5.86. The molecule has 0 amide bonds. The zero-order valence-corrected chi connectivity index (χ0v) is 10.6. The second-order valence-corrected chi connectivity index (χ2v) is 4.40. The summed E-state index contributed by atoms with van der Waals surface area (Å²) >= 11 is 0. The lowest BCUT2D eigenvalue weighted by Crippen LogP contribution is -1.94. The Morgan fingerprint density at radius 2 is 1.75 bits per heavy atom. The molecule has 20 heavy (non-hydrogen) atoms. The van der Waals surface area contributed by atoms with E-state index in [4.69, 9.17) is 5.11 Å². The lowest BCUT2D eigenvalue weighted by atomic mass is 10.2. The Hall–Kier alpha value is -2.88. The molecular formula is C16H12N2O2. The smallest absolute Gasteiger partial charge is 0.356 e. The van der Waals surface area contributed by atoms with Crippen LogP contribution in [-0.4, -0.2) is 20.5 Å². The summed E-state index contributed by atoms with van der Waals surface area (Å²) in [7, 11) is 0. The fourth-order valence-corrected chi connectivity index (χ4v) is 1.97. The first-order chi connectivity index (χ1) is 9.72. The van der Waals surface area contributed by atoms with E-state index >= 15 is 0 Å². The maximum absolute atomic E-state index is 10.9. The summed E-state index contributed by atoms with van der Waals surface area (Å²) in [6.07, 6.45) is 7.36. The van der Waals surface area contributed by atoms with E-state index in [0.717, 1.165) is 11.1 Å². The maximum atomic E-state index is 10.9. The lowest BCUT2D eigenvalue weighted by molar-refractivity contribution is 0.0691. The molecule has 1 N–H and O–H groups in total. The van der Waals surface area contributed by atoms with Crippen LogP contribution >= 0.6 is 0 Å². The van der Waals surface area contributed by atoms with Gasteiger partial charge < -0.3 is 9.51 Å². The second-order valence-electron chi connectivity index (χ2n) is 4.40. The van der Waals surface area contributed by atoms with Gasteiger partial charge in [0.25, 0.3) is 0 Å². The highest BCUT2D eigenvalue weighted by atomic mass is 16.4. The third kappa shape index (κ3) is 2.44. The van der Waals surface area contributed by atoms with E-state index in [1.54, 1.807) is 10.5 Å². The Kier molecular flexibility index (Phi) is 3.05. The first kappa shape index (κ1) is 12.2. The number of aromatic nitrogens is 2. The van der Waals surface area contributed by atoms with Crippen LogP contribution in [-0.2, 0) is 0 Å². The number of pyridine rings is 1. The number of benzene rings is 1. The Morgan fingerprint density at radius 1 is 1.00 bits per heavy atom. The molecule has 3 aromatic rings. The van der Waals surface area contributed by atoms with Gasteiger partial charge in [0, 0.05) is 12.4 Å². The molecule has 0 fully saturated rings. The highest BCUT2D eigenvalue weighted by Gasteiger charge is 2.07. The first-order valence-corrected chi connectivity index (χ1v) is 6.17. The van der Waals surface area contributed by atoms with Crippen LogP contribution in [0, 0.1) is 0 Å². The Morgan fingerprint density at radius 3 is 2.50 bits per heavy atom. The predicted molar refractivity (Wildman–Crippen MR) is 77.5 cm³/mol. The minimum atomic E-state index is -1.02. The Balaban J connectivity index is 1.93. The van der Waals surface area contributed by atoms with Crippen molar-refractivity contribution in [2.45, 2.75) is 0 Å². The number of hydrogen-bond donors (Lipinski definition) is 1. The van der Waals surface area contributed by atoms with Gasteiger partial charge >= 0.3 is 5.97 Å². The van der Waals surface area contributed by atoms with Crippen molar-refractivity contribution in [2.75, 3.05) is 0 Å². The number of fused-ring (bicyclic) bond motifs is 1. The molecule has 0 unspecified atom stereocenters. The van der Waals surface area contributed by atoms with Gasteiger partial charge in [0.05, 0.1) is 0 Å². The van der Waals surface area contributed by atoms with Crippen LogP contribution in [0.4, 0.5) is 0 Å². The number of carboxylic acid groups (broad SMARTS) is 1. The molecule has 98 valence electrons. The quantitative estimate of drug-likeness (QED) is 0.790. The molecule has 4 heteroatoms. The molecule has 0 aliphatic carbocycles. The van der Waals surface area contributed by atoms with Gasteiger partial charge in [0.1, 0.15) is 5.65 Å². The highest BCUT2D eigenvalue weighted by Crippen LogP contribution is 2.11. The molecule has 1 aromatic carbocycles. The summed E-state index contributed by atoms with van der Waals surface area (Å²) in [6, 6.07) is 13.7. The van der Waals surface area contributed by atoms with Gasteiger partial charge in [-0.25, -0.2) is 9.78 Å². The van der Waals surface area contributed by atoms with Gasteiger partial charge in [-0.05, 0) is 23.3 Å². The van der Waals surface area contributed by atoms with Gasteiger partial charge in [-0.15, -0.1) is 0 Å². The molecular weight excluding hydrogens is 252 g/mol. The number of nitrogens with zero attached hydrogens (tertiary/aromatic N) is 2. The number of rotatable bonds is 3. The minimum absolute atomic E-state index is 0.0502. The van der Waals surface area contributed by atoms with Gasteiger partial charge in [0.2, 0.25) is 0 Å². The van der Waals surface area contributed by atoms with E-state index in [1.807, 2.05) is 54.7 Å². The summed E-state index contributed by atoms with van der Waals surface area (Å²) in [5, 5.41) is 8.92. The minimum Gasteiger partial charge on any atom is -0.476 e. The van der Waals surface area contributed by atoms with Gasteiger partial charge in [-0.2, -0.15) is 0 Å². The zero-order valence-electron chi connectivity index (χ0n) is 10.6. The van der Waals surface area contributed by atoms with E-state index < -0.39 is 5.97 Å². The molecule has 0 saturated heterocycles. The molecule has 0 saturated carbocycles. The molecule has 0 bridgehead atoms. The third-order valence-electron chi connectivity index (χ3n) is 2.96. The molecule has 4 nitrogen and oxygen atoms in total. The molecule has 2 heterocycles. The van der Waals surface area contributed by atoms with E-state index in [1.165, 1.54) is 6.20 Å². The standard InChI is InChI=1S/C16H12N2O2/c19-16(20)14-11-18-10-13(8-9-15(18)17-14)7-6-12-4-2-1-3-5-12/h1-11H,(H,19,20)/b7-6+. The zero-order chi connectivity index (χ0) is 13.9. The Bertz CT molecular complexity index is 789. The maximum Gasteiger partial charge on any atom is 0.356 e. The van der Waals surface area contributed by atoms with Crippen LogP contribution in [0.2, 0.25) is 0 Å². The molecule has 0 spiro atoms. The number of hydrogen-bond acceptors (Lipinski definition) is 2. The Labute approximate surface area is 115 Å². The van der Waals surface area contributed by atoms with Gasteiger partial charge in [-0.3, -0.25) is 0 Å². The molecule has 0 aliphatic rings. The van der Waals surface area contributed by atoms with Crippen molar-refractivity contribution in [1.29, 1.82) is 0 Å². The molecule has 2 aromatic heterocycles. The summed E-state index contributed by atoms with van der Waals surface area (Å²) in [6.45, 7) is 0. The van der Waals surface area contributed by atoms with Crippen molar-refractivity contribution in [3.05, 3.63) is 71.7 Å². The molecule has 0 aliphatic heterocycles. The predicted octanol–water partition coefficient (Wildman–Crippen LogP) is 3.20. The van der Waals surface area contributed by atoms with Crippen molar-refractivity contribution in [2.24, 2.45) is 0 Å². The first-order valence-electron chi connectivity index (χ1n) is 6.17. The van der Waals surface area contributed by atoms with E-state index in [-0.39, 0.29) is 5.69 Å². The molecule has 0 atom stereocenters. The lowest BCUT2D eigenvalue weighted by Gasteiger charge is -1.96. The monoisotopic (exact) mass is 264 g/mol. The van der Waals surface area contributed by atoms with Crippen molar-refractivity contribution in [3.63, 3.8) is 0 Å². The van der Waals surface area contributed by atoms with Crippen molar-refractivity contribution in [1.82, 2.24) is 9.38 Å². The number of carboxylic acids is 1. The van der Waals surface area contributed by atoms with Crippen LogP contribution in [0.5, 0.6) is 0 Å². The van der Waals surface area contributed by atoms with E-state index in [2.05, 4.69) is 4.98 Å². The summed E-state index contributed by atoms with van der Waals surface area (Å²) in [5.41, 5.74) is 2.77. The fraction of sp³-hybridized carbons (Fsp3) is 0. The van der Waals surface area contributed by atoms with Crippen LogP contribution in [0.3, 0.4) is 0 Å². The SMILES string of the molecule is O=C(O)c1cn2cc(/C=C/c3ccccc3)ccc2n1. The van der Waals surface area contributed by atoms with Crippen molar-refractivity contribution >= 4 is 23.8 Å². The average Bonchev–Trinajstić information content (AvgIpc) is 2.89. The topological polar surface area (TPSA) is 54.6 Å². The van der Waals surface area contributed by atoms with Crippen molar-refractivity contribution in [3.8, 4) is 0 Å². The third-order valence-corrected chi connectivity index (χ3v) is 2.96. The van der Waals surface area contributed by atoms with Crippen LogP contribution in [0.1, 0.15) is 21.6 Å². The summed E-state index contributed by atoms with van der Waals surface area (Å²) in [4.78, 5) is 14.9. The van der Waals surface area contributed by atoms with Crippen molar-refractivity contribution < 1.29 is 9.90 Å². The van der Waals surface area contributed by atoms with Crippen LogP contribution in [0.25, 0.3) is 17.8 Å². The van der Waals surface area contributed by atoms with Crippen LogP contribution < -0.4 is 0 Å². The normalized spacial score (nSPS) is 11.2. The number of imidazole rings is 1. The largest absolute Gasteiger partial charge is 0.476 e. The van der Waals surface area contributed by atoms with Gasteiger partial charge in [-0.1, -0.05) is 42.5 Å². The number of carbonyl (C=O) groups is 1. The second kappa shape index (κ2) is 5.01. The fourth-order valence-electron chi connectivity index (χ4n) is 1.97. The van der Waals surface area contributed by atoms with Crippen LogP contribution in [0.15, 0.2) is 54.9 Å². The molecule has 0 radical (unpaired) electrons. The van der Waals surface area contributed by atoms with Gasteiger partial charge in [0.15, 0.2) is 5.69 Å². The van der Waals surface area contributed by atoms with E-state index in [0.29, 0.717) is 5.65 Å². The number of aromatic carboxylic acids is 1. The average molecular weight is 264 g/mol. The molecule has 3 rings (SSSR count). The summed E-state index contributed by atoms with van der Waals surface area (Å²) in [5.74, 6) is -1.02. The van der Waals surface area contributed by atoms with E-state index in [9.17, 15) is 4.79 Å². The summed E-state index contributed by atoms with van der Waals surface area (Å²) < 4.78 is 1.72.